The van der Waals surface area contributed by atoms with Crippen LogP contribution in [-0.2, 0) is 4.79 Å². The van der Waals surface area contributed by atoms with E-state index in [2.05, 4.69) is 30.2 Å². The summed E-state index contributed by atoms with van der Waals surface area (Å²) in [6.45, 7) is 7.61. The van der Waals surface area contributed by atoms with E-state index in [1.807, 2.05) is 18.2 Å². The lowest BCUT2D eigenvalue weighted by atomic mass is 9.95. The van der Waals surface area contributed by atoms with Gasteiger partial charge in [0.15, 0.2) is 5.82 Å². The zero-order valence-corrected chi connectivity index (χ0v) is 18.9. The van der Waals surface area contributed by atoms with Crippen molar-refractivity contribution >= 4 is 17.5 Å². The Balaban J connectivity index is 1.19. The summed E-state index contributed by atoms with van der Waals surface area (Å²) < 4.78 is 0. The fraction of sp³-hybridized carbons (Fsp3) is 0.542. The van der Waals surface area contributed by atoms with Gasteiger partial charge in [0.1, 0.15) is 5.75 Å². The molecule has 0 spiro atoms. The van der Waals surface area contributed by atoms with E-state index in [0.29, 0.717) is 29.8 Å². The molecule has 1 atom stereocenters. The average molecular weight is 453 g/mol. The number of hydrogen-bond acceptors (Lipinski definition) is 8. The molecule has 176 valence electrons. The van der Waals surface area contributed by atoms with Crippen molar-refractivity contribution in [2.75, 3.05) is 62.6 Å². The highest BCUT2D eigenvalue weighted by Crippen LogP contribution is 2.36. The average Bonchev–Trinajstić information content (AvgIpc) is 2.83. The van der Waals surface area contributed by atoms with Gasteiger partial charge in [-0.25, -0.2) is 0 Å². The van der Waals surface area contributed by atoms with Crippen LogP contribution in [0.3, 0.4) is 0 Å². The van der Waals surface area contributed by atoms with Crippen LogP contribution < -0.4 is 10.2 Å². The highest BCUT2D eigenvalue weighted by atomic mass is 16.4. The van der Waals surface area contributed by atoms with Crippen LogP contribution in [-0.4, -0.2) is 94.6 Å². The Morgan fingerprint density at radius 1 is 1.09 bits per heavy atom. The predicted molar refractivity (Wildman–Crippen MR) is 127 cm³/mol. The third kappa shape index (κ3) is 4.89. The maximum atomic E-state index is 10.8. The number of aromatic nitrogens is 2. The number of phenolic OH excluding ortho intramolecular Hbond substituents is 1. The number of fused-ring (bicyclic) bond motifs is 3. The minimum atomic E-state index is -0.712. The summed E-state index contributed by atoms with van der Waals surface area (Å²) >= 11 is 0. The molecule has 4 heterocycles. The molecule has 0 bridgehead atoms. The number of aliphatic carboxylic acids is 1. The fourth-order valence-corrected chi connectivity index (χ4v) is 5.35. The summed E-state index contributed by atoms with van der Waals surface area (Å²) in [4.78, 5) is 18.1. The number of nitrogens with zero attached hydrogens (tertiary/aromatic N) is 5. The summed E-state index contributed by atoms with van der Waals surface area (Å²) in [6, 6.07) is 9.66. The highest BCUT2D eigenvalue weighted by molar-refractivity contribution is 5.76. The van der Waals surface area contributed by atoms with E-state index >= 15 is 0 Å². The molecule has 3 N–H and O–H groups in total. The first-order valence-corrected chi connectivity index (χ1v) is 11.9. The first-order valence-electron chi connectivity index (χ1n) is 11.9. The Morgan fingerprint density at radius 3 is 2.70 bits per heavy atom. The van der Waals surface area contributed by atoms with Crippen molar-refractivity contribution in [1.29, 1.82) is 0 Å². The number of carboxylic acid groups (broad SMARTS) is 1. The molecular formula is C24H32N6O3. The molecule has 5 rings (SSSR count). The molecule has 3 aliphatic rings. The van der Waals surface area contributed by atoms with Gasteiger partial charge in [-0.1, -0.05) is 12.1 Å². The second-order valence-electron chi connectivity index (χ2n) is 9.40. The monoisotopic (exact) mass is 452 g/mol. The third-order valence-electron chi connectivity index (χ3n) is 7.20. The highest BCUT2D eigenvalue weighted by Gasteiger charge is 2.34. The number of likely N-dealkylation sites (tertiary alicyclic amines) is 1. The van der Waals surface area contributed by atoms with Crippen LogP contribution in [0.2, 0.25) is 0 Å². The van der Waals surface area contributed by atoms with Crippen molar-refractivity contribution in [3.8, 4) is 17.0 Å². The van der Waals surface area contributed by atoms with E-state index in [0.717, 1.165) is 70.2 Å². The normalized spacial score (nSPS) is 21.8. The van der Waals surface area contributed by atoms with E-state index < -0.39 is 5.97 Å². The second kappa shape index (κ2) is 9.52. The number of aromatic hydroxyl groups is 1. The van der Waals surface area contributed by atoms with Crippen LogP contribution in [0.5, 0.6) is 5.75 Å². The topological polar surface area (TPSA) is 105 Å². The Bertz CT molecular complexity index is 994. The minimum absolute atomic E-state index is 0.214. The third-order valence-corrected chi connectivity index (χ3v) is 7.20. The maximum Gasteiger partial charge on any atom is 0.304 e. The van der Waals surface area contributed by atoms with E-state index in [1.165, 1.54) is 0 Å². The van der Waals surface area contributed by atoms with Crippen LogP contribution in [0, 0.1) is 5.92 Å². The van der Waals surface area contributed by atoms with E-state index in [9.17, 15) is 9.90 Å². The molecule has 0 saturated carbocycles. The first kappa shape index (κ1) is 21.9. The van der Waals surface area contributed by atoms with Gasteiger partial charge in [0.2, 0.25) is 0 Å². The number of phenols is 1. The number of piperazine rings is 1. The molecule has 1 aromatic heterocycles. The smallest absolute Gasteiger partial charge is 0.304 e. The lowest BCUT2D eigenvalue weighted by molar-refractivity contribution is -0.137. The van der Waals surface area contributed by atoms with Gasteiger partial charge >= 0.3 is 5.97 Å². The van der Waals surface area contributed by atoms with Gasteiger partial charge in [0.05, 0.1) is 23.8 Å². The molecule has 2 saturated heterocycles. The van der Waals surface area contributed by atoms with Gasteiger partial charge in [-0.2, -0.15) is 0 Å². The number of benzene rings is 1. The number of carboxylic acids is 1. The Morgan fingerprint density at radius 2 is 1.91 bits per heavy atom. The lowest BCUT2D eigenvalue weighted by Gasteiger charge is -2.47. The van der Waals surface area contributed by atoms with E-state index in [-0.39, 0.29) is 12.2 Å². The molecule has 33 heavy (non-hydrogen) atoms. The SMILES string of the molecule is O=C(O)CCN1CCC(CN2CCN3c4cc(-c5ccccc5O)nnc4NCC3C2)CC1. The Hall–Kier alpha value is -2.91. The molecule has 0 aliphatic carbocycles. The molecule has 2 fully saturated rings. The van der Waals surface area contributed by atoms with Crippen LogP contribution in [0.1, 0.15) is 19.3 Å². The minimum Gasteiger partial charge on any atom is -0.507 e. The van der Waals surface area contributed by atoms with Crippen molar-refractivity contribution in [2.24, 2.45) is 5.92 Å². The van der Waals surface area contributed by atoms with Gasteiger partial charge in [-0.05, 0) is 50.0 Å². The van der Waals surface area contributed by atoms with Crippen LogP contribution in [0.25, 0.3) is 11.3 Å². The molecule has 0 amide bonds. The van der Waals surface area contributed by atoms with Crippen LogP contribution in [0.4, 0.5) is 11.5 Å². The summed E-state index contributed by atoms with van der Waals surface area (Å²) in [6.07, 6.45) is 2.52. The predicted octanol–water partition coefficient (Wildman–Crippen LogP) is 1.95. The summed E-state index contributed by atoms with van der Waals surface area (Å²) in [5.74, 6) is 0.995. The Labute approximate surface area is 194 Å². The largest absolute Gasteiger partial charge is 0.507 e. The van der Waals surface area contributed by atoms with E-state index in [1.54, 1.807) is 12.1 Å². The summed E-state index contributed by atoms with van der Waals surface area (Å²) in [5.41, 5.74) is 2.44. The van der Waals surface area contributed by atoms with Crippen molar-refractivity contribution in [3.05, 3.63) is 30.3 Å². The Kier molecular flexibility index (Phi) is 6.32. The molecule has 9 nitrogen and oxygen atoms in total. The van der Waals surface area contributed by atoms with Gasteiger partial charge in [-0.15, -0.1) is 10.2 Å². The number of hydrogen-bond donors (Lipinski definition) is 3. The summed E-state index contributed by atoms with van der Waals surface area (Å²) in [5, 5.41) is 31.3. The quantitative estimate of drug-likeness (QED) is 0.606. The van der Waals surface area contributed by atoms with Gasteiger partial charge < -0.3 is 25.3 Å². The van der Waals surface area contributed by atoms with Crippen molar-refractivity contribution in [2.45, 2.75) is 25.3 Å². The number of piperidine rings is 1. The number of para-hydroxylation sites is 1. The molecule has 0 radical (unpaired) electrons. The van der Waals surface area contributed by atoms with Gasteiger partial charge in [0, 0.05) is 44.8 Å². The van der Waals surface area contributed by atoms with Crippen molar-refractivity contribution in [3.63, 3.8) is 0 Å². The maximum absolute atomic E-state index is 10.8. The van der Waals surface area contributed by atoms with Gasteiger partial charge in [0.25, 0.3) is 0 Å². The molecular weight excluding hydrogens is 420 g/mol. The number of carbonyl (C=O) groups is 1. The zero-order valence-electron chi connectivity index (χ0n) is 18.9. The number of anilines is 2. The summed E-state index contributed by atoms with van der Waals surface area (Å²) in [7, 11) is 0. The molecule has 1 unspecified atom stereocenters. The van der Waals surface area contributed by atoms with Crippen LogP contribution >= 0.6 is 0 Å². The number of nitrogens with one attached hydrogen (secondary N) is 1. The lowest BCUT2D eigenvalue weighted by Crippen LogP contribution is -2.58. The van der Waals surface area contributed by atoms with Crippen molar-refractivity contribution in [1.82, 2.24) is 20.0 Å². The zero-order chi connectivity index (χ0) is 22.8. The van der Waals surface area contributed by atoms with Crippen molar-refractivity contribution < 1.29 is 15.0 Å². The first-order chi connectivity index (χ1) is 16.1. The fourth-order valence-electron chi connectivity index (χ4n) is 5.35. The standard InChI is InChI=1S/C24H32N6O3/c31-22-4-2-1-3-19(22)20-13-21-24(27-26-20)25-14-18-16-29(11-12-30(18)21)15-17-5-8-28(9-6-17)10-7-23(32)33/h1-4,13,17-18,31H,5-12,14-16H2,(H,25,27)(H,32,33). The van der Waals surface area contributed by atoms with E-state index in [4.69, 9.17) is 5.11 Å². The van der Waals surface area contributed by atoms with Gasteiger partial charge in [-0.3, -0.25) is 9.69 Å². The second-order valence-corrected chi connectivity index (χ2v) is 9.40. The molecule has 3 aliphatic heterocycles. The van der Waals surface area contributed by atoms with Crippen LogP contribution in [0.15, 0.2) is 30.3 Å². The molecule has 9 heteroatoms. The number of rotatable bonds is 6. The molecule has 2 aromatic rings. The molecule has 1 aromatic carbocycles.